The molecule has 0 aliphatic carbocycles. The van der Waals surface area contributed by atoms with Crippen molar-refractivity contribution < 1.29 is 9.63 Å². The Balaban J connectivity index is 1.64. The van der Waals surface area contributed by atoms with E-state index >= 15 is 0 Å². The van der Waals surface area contributed by atoms with Gasteiger partial charge in [0.05, 0.1) is 12.6 Å². The lowest BCUT2D eigenvalue weighted by atomic mass is 10.2. The lowest BCUT2D eigenvalue weighted by molar-refractivity contribution is 0.0976. The zero-order valence-corrected chi connectivity index (χ0v) is 14.4. The minimum absolute atomic E-state index is 0.188. The zero-order valence-electron chi connectivity index (χ0n) is 14.4. The average molecular weight is 343 g/mol. The number of likely N-dealkylation sites (tertiary alicyclic amines) is 1. The number of benzene rings is 1. The van der Waals surface area contributed by atoms with Gasteiger partial charge in [0.2, 0.25) is 0 Å². The van der Waals surface area contributed by atoms with Gasteiger partial charge in [-0.3, -0.25) is 9.09 Å². The molecule has 6 nitrogen and oxygen atoms in total. The van der Waals surface area contributed by atoms with Gasteiger partial charge < -0.3 is 10.0 Å². The van der Waals surface area contributed by atoms with Crippen molar-refractivity contribution in [1.29, 1.82) is 0 Å². The summed E-state index contributed by atoms with van der Waals surface area (Å²) in [7, 11) is 0. The Labute approximate surface area is 147 Å². The maximum Gasteiger partial charge on any atom is 0.441 e. The van der Waals surface area contributed by atoms with Crippen molar-refractivity contribution in [2.75, 3.05) is 19.6 Å². The summed E-state index contributed by atoms with van der Waals surface area (Å²) < 4.78 is 6.17. The van der Waals surface area contributed by atoms with Gasteiger partial charge in [0.1, 0.15) is 0 Å². The third-order valence-electron chi connectivity index (χ3n) is 4.50. The van der Waals surface area contributed by atoms with Crippen LogP contribution in [0.2, 0.25) is 0 Å². The fourth-order valence-corrected chi connectivity index (χ4v) is 3.19. The van der Waals surface area contributed by atoms with Crippen LogP contribution in [0.1, 0.15) is 37.1 Å². The minimum atomic E-state index is -0.626. The second kappa shape index (κ2) is 8.78. The van der Waals surface area contributed by atoms with Crippen molar-refractivity contribution in [3.63, 3.8) is 0 Å². The Morgan fingerprint density at radius 1 is 1.08 bits per heavy atom. The topological polar surface area (TPSA) is 71.5 Å². The fraction of sp³-hybridized carbons (Fsp3) is 0.474. The Morgan fingerprint density at radius 3 is 2.52 bits per heavy atom. The third kappa shape index (κ3) is 5.14. The normalized spacial score (nSPS) is 17.6. The predicted molar refractivity (Wildman–Crippen MR) is 97.0 cm³/mol. The van der Waals surface area contributed by atoms with Crippen molar-refractivity contribution in [2.45, 2.75) is 38.3 Å². The fourth-order valence-electron chi connectivity index (χ4n) is 3.19. The van der Waals surface area contributed by atoms with E-state index in [0.717, 1.165) is 18.7 Å². The van der Waals surface area contributed by atoms with Crippen LogP contribution in [-0.2, 0) is 6.54 Å². The molecule has 1 saturated heterocycles. The van der Waals surface area contributed by atoms with Crippen molar-refractivity contribution >= 4 is 12.2 Å². The Kier molecular flexibility index (Phi) is 6.19. The van der Waals surface area contributed by atoms with Crippen LogP contribution in [0.25, 0.3) is 12.2 Å². The van der Waals surface area contributed by atoms with E-state index in [-0.39, 0.29) is 6.54 Å². The van der Waals surface area contributed by atoms with Gasteiger partial charge in [0, 0.05) is 6.54 Å². The van der Waals surface area contributed by atoms with Crippen LogP contribution in [0.5, 0.6) is 0 Å². The molecule has 2 heterocycles. The van der Waals surface area contributed by atoms with Gasteiger partial charge in [0.25, 0.3) is 0 Å². The van der Waals surface area contributed by atoms with Crippen LogP contribution >= 0.6 is 0 Å². The molecule has 1 fully saturated rings. The molecule has 0 saturated carbocycles. The molecule has 0 bridgehead atoms. The molecular formula is C19H25N3O3. The first-order valence-corrected chi connectivity index (χ1v) is 8.92. The van der Waals surface area contributed by atoms with Crippen molar-refractivity contribution in [3.8, 4) is 0 Å². The average Bonchev–Trinajstić information content (AvgIpc) is 2.81. The highest BCUT2D eigenvalue weighted by Gasteiger charge is 2.17. The molecule has 1 unspecified atom stereocenters. The molecule has 1 aliphatic heterocycles. The summed E-state index contributed by atoms with van der Waals surface area (Å²) in [4.78, 5) is 14.2. The van der Waals surface area contributed by atoms with Crippen LogP contribution in [0.3, 0.4) is 0 Å². The summed E-state index contributed by atoms with van der Waals surface area (Å²) in [6, 6.07) is 9.77. The first-order valence-electron chi connectivity index (χ1n) is 8.92. The van der Waals surface area contributed by atoms with E-state index in [0.29, 0.717) is 12.4 Å². The third-order valence-corrected chi connectivity index (χ3v) is 4.50. The van der Waals surface area contributed by atoms with Gasteiger partial charge in [0.15, 0.2) is 5.82 Å². The number of aromatic nitrogens is 2. The number of hydrogen-bond acceptors (Lipinski definition) is 5. The van der Waals surface area contributed by atoms with E-state index in [1.807, 2.05) is 36.4 Å². The molecule has 134 valence electrons. The highest BCUT2D eigenvalue weighted by molar-refractivity contribution is 5.66. The van der Waals surface area contributed by atoms with E-state index in [1.54, 1.807) is 6.08 Å². The monoisotopic (exact) mass is 343 g/mol. The van der Waals surface area contributed by atoms with Crippen LogP contribution in [-0.4, -0.2) is 45.5 Å². The smallest absolute Gasteiger partial charge is 0.390 e. The standard InChI is InChI=1S/C19H25N3O3/c23-17(14-21-12-6-1-2-7-13-21)15-22-18(20-25-19(22)24)11-10-16-8-4-3-5-9-16/h3-5,8-11,17,23H,1-2,6-7,12-15H2/b11-10+. The summed E-state index contributed by atoms with van der Waals surface area (Å²) in [6.07, 6.45) is 7.83. The van der Waals surface area contributed by atoms with Crippen LogP contribution < -0.4 is 5.76 Å². The zero-order chi connectivity index (χ0) is 17.5. The van der Waals surface area contributed by atoms with E-state index in [2.05, 4.69) is 10.1 Å². The molecule has 1 aromatic heterocycles. The molecular weight excluding hydrogens is 318 g/mol. The van der Waals surface area contributed by atoms with Gasteiger partial charge >= 0.3 is 5.76 Å². The first-order chi connectivity index (χ1) is 12.2. The van der Waals surface area contributed by atoms with Gasteiger partial charge in [-0.1, -0.05) is 54.4 Å². The van der Waals surface area contributed by atoms with Gasteiger partial charge in [-0.2, -0.15) is 0 Å². The number of rotatable bonds is 6. The van der Waals surface area contributed by atoms with Crippen molar-refractivity contribution in [1.82, 2.24) is 14.6 Å². The van der Waals surface area contributed by atoms with Crippen molar-refractivity contribution in [3.05, 3.63) is 52.3 Å². The van der Waals surface area contributed by atoms with Crippen LogP contribution in [0.4, 0.5) is 0 Å². The number of aliphatic hydroxyl groups is 1. The molecule has 0 amide bonds. The SMILES string of the molecule is O=c1onc(/C=C/c2ccccc2)n1CC(O)CN1CCCCCC1. The molecule has 6 heteroatoms. The molecule has 0 spiro atoms. The molecule has 0 radical (unpaired) electrons. The number of nitrogens with zero attached hydrogens (tertiary/aromatic N) is 3. The quantitative estimate of drug-likeness (QED) is 0.871. The van der Waals surface area contributed by atoms with E-state index < -0.39 is 11.9 Å². The molecule has 25 heavy (non-hydrogen) atoms. The Morgan fingerprint density at radius 2 is 1.80 bits per heavy atom. The number of hydrogen-bond donors (Lipinski definition) is 1. The minimum Gasteiger partial charge on any atom is -0.390 e. The molecule has 1 atom stereocenters. The summed E-state index contributed by atoms with van der Waals surface area (Å²) in [5.41, 5.74) is 1.01. The van der Waals surface area contributed by atoms with E-state index in [4.69, 9.17) is 4.52 Å². The van der Waals surface area contributed by atoms with E-state index in [1.165, 1.54) is 30.3 Å². The predicted octanol–water partition coefficient (Wildman–Crippen LogP) is 2.24. The Hall–Kier alpha value is -2.18. The lowest BCUT2D eigenvalue weighted by Gasteiger charge is -2.23. The maximum atomic E-state index is 11.9. The second-order valence-electron chi connectivity index (χ2n) is 6.53. The Bertz CT molecular complexity index is 728. The van der Waals surface area contributed by atoms with E-state index in [9.17, 15) is 9.90 Å². The first kappa shape index (κ1) is 17.6. The van der Waals surface area contributed by atoms with Crippen LogP contribution in [0, 0.1) is 0 Å². The number of β-amino-alcohol motifs (C(OH)–C–C–N with tert-alkyl or cyclic N) is 1. The van der Waals surface area contributed by atoms with Gasteiger partial charge in [-0.05, 0) is 37.6 Å². The van der Waals surface area contributed by atoms with Crippen LogP contribution in [0.15, 0.2) is 39.6 Å². The largest absolute Gasteiger partial charge is 0.441 e. The molecule has 3 rings (SSSR count). The molecule has 2 aromatic rings. The highest BCUT2D eigenvalue weighted by atomic mass is 16.5. The molecule has 1 N–H and O–H groups in total. The summed E-state index contributed by atoms with van der Waals surface area (Å²) in [6.45, 7) is 2.78. The highest BCUT2D eigenvalue weighted by Crippen LogP contribution is 2.11. The number of aliphatic hydroxyl groups excluding tert-OH is 1. The summed E-state index contributed by atoms with van der Waals surface area (Å²) in [5, 5.41) is 14.2. The summed E-state index contributed by atoms with van der Waals surface area (Å²) in [5.74, 6) is -0.119. The lowest BCUT2D eigenvalue weighted by Crippen LogP contribution is -2.37. The van der Waals surface area contributed by atoms with Gasteiger partial charge in [-0.15, -0.1) is 0 Å². The van der Waals surface area contributed by atoms with Crippen molar-refractivity contribution in [2.24, 2.45) is 0 Å². The molecule has 1 aliphatic rings. The second-order valence-corrected chi connectivity index (χ2v) is 6.53. The maximum absolute atomic E-state index is 11.9. The van der Waals surface area contributed by atoms with Gasteiger partial charge in [-0.25, -0.2) is 4.79 Å². The molecule has 1 aromatic carbocycles. The summed E-state index contributed by atoms with van der Waals surface area (Å²) >= 11 is 0.